The Balaban J connectivity index is 2.88. The van der Waals surface area contributed by atoms with Crippen molar-refractivity contribution < 1.29 is 9.59 Å². The third-order valence-electron chi connectivity index (χ3n) is 3.80. The number of nitrogens with one attached hydrogen (secondary N) is 1. The Kier molecular flexibility index (Phi) is 9.16. The van der Waals surface area contributed by atoms with Crippen LogP contribution in [0.1, 0.15) is 52.0 Å². The molecule has 0 radical (unpaired) electrons. The number of nitrogens with zero attached hydrogens (tertiary/aromatic N) is 1. The molecule has 0 aliphatic rings. The quantitative estimate of drug-likeness (QED) is 0.651. The summed E-state index contributed by atoms with van der Waals surface area (Å²) in [6, 6.07) is 4.73. The molecule has 2 amide bonds. The van der Waals surface area contributed by atoms with Crippen molar-refractivity contribution >= 4 is 35.0 Å². The summed E-state index contributed by atoms with van der Waals surface area (Å²) in [5.74, 6) is -0.172. The molecule has 134 valence electrons. The van der Waals surface area contributed by atoms with Crippen LogP contribution in [-0.4, -0.2) is 29.3 Å². The van der Waals surface area contributed by atoms with E-state index in [0.29, 0.717) is 29.6 Å². The van der Waals surface area contributed by atoms with E-state index >= 15 is 0 Å². The molecule has 0 aliphatic carbocycles. The zero-order chi connectivity index (χ0) is 18.1. The number of halogens is 2. The first-order valence-corrected chi connectivity index (χ1v) is 9.17. The first kappa shape index (κ1) is 20.8. The number of carbonyl (C=O) groups is 2. The predicted molar refractivity (Wildman–Crippen MR) is 99.3 cm³/mol. The monoisotopic (exact) mass is 372 g/mol. The van der Waals surface area contributed by atoms with E-state index in [1.165, 1.54) is 0 Å². The molecule has 1 aromatic carbocycles. The summed E-state index contributed by atoms with van der Waals surface area (Å²) in [7, 11) is 0. The fourth-order valence-corrected chi connectivity index (χ4v) is 2.63. The summed E-state index contributed by atoms with van der Waals surface area (Å²) in [5, 5.41) is 3.80. The van der Waals surface area contributed by atoms with Crippen LogP contribution < -0.4 is 5.32 Å². The van der Waals surface area contributed by atoms with E-state index in [2.05, 4.69) is 12.2 Å². The number of benzene rings is 1. The Bertz CT molecular complexity index is 564. The van der Waals surface area contributed by atoms with Gasteiger partial charge < -0.3 is 10.2 Å². The van der Waals surface area contributed by atoms with E-state index in [1.54, 1.807) is 24.0 Å². The van der Waals surface area contributed by atoms with Crippen molar-refractivity contribution in [2.75, 3.05) is 6.54 Å². The van der Waals surface area contributed by atoms with Crippen LogP contribution in [0.3, 0.4) is 0 Å². The molecule has 0 aromatic heterocycles. The lowest BCUT2D eigenvalue weighted by Gasteiger charge is -2.29. The van der Waals surface area contributed by atoms with Crippen LogP contribution in [0.25, 0.3) is 0 Å². The number of amides is 2. The van der Waals surface area contributed by atoms with Crippen molar-refractivity contribution in [2.45, 2.75) is 59.0 Å². The molecule has 0 saturated carbocycles. The summed E-state index contributed by atoms with van der Waals surface area (Å²) in [6.45, 7) is 6.73. The fourth-order valence-electron chi connectivity index (χ4n) is 2.31. The molecule has 24 heavy (non-hydrogen) atoms. The normalized spacial score (nSPS) is 11.9. The lowest BCUT2D eigenvalue weighted by atomic mass is 10.1. The number of hydrogen-bond donors (Lipinski definition) is 1. The number of unbranched alkanes of at least 4 members (excludes halogenated alkanes) is 1. The van der Waals surface area contributed by atoms with E-state index in [9.17, 15) is 9.59 Å². The summed E-state index contributed by atoms with van der Waals surface area (Å²) >= 11 is 12.0. The van der Waals surface area contributed by atoms with E-state index in [-0.39, 0.29) is 11.8 Å². The Labute approximate surface area is 154 Å². The fraction of sp³-hybridized carbons (Fsp3) is 0.556. The van der Waals surface area contributed by atoms with Crippen molar-refractivity contribution in [3.8, 4) is 0 Å². The minimum Gasteiger partial charge on any atom is -0.354 e. The molecular weight excluding hydrogens is 347 g/mol. The number of rotatable bonds is 9. The predicted octanol–water partition coefficient (Wildman–Crippen LogP) is 4.43. The van der Waals surface area contributed by atoms with Gasteiger partial charge >= 0.3 is 0 Å². The number of hydrogen-bond acceptors (Lipinski definition) is 2. The van der Waals surface area contributed by atoms with Gasteiger partial charge in [0, 0.05) is 19.5 Å². The van der Waals surface area contributed by atoms with Crippen LogP contribution >= 0.6 is 23.2 Å². The zero-order valence-corrected chi connectivity index (χ0v) is 16.1. The van der Waals surface area contributed by atoms with Crippen molar-refractivity contribution in [3.05, 3.63) is 33.8 Å². The number of carbonyl (C=O) groups excluding carboxylic acids is 2. The Hall–Kier alpha value is -1.26. The average molecular weight is 373 g/mol. The Morgan fingerprint density at radius 1 is 1.17 bits per heavy atom. The van der Waals surface area contributed by atoms with Gasteiger partial charge in [0.25, 0.3) is 0 Å². The summed E-state index contributed by atoms with van der Waals surface area (Å²) in [5.41, 5.74) is 0.849. The van der Waals surface area contributed by atoms with E-state index in [4.69, 9.17) is 23.2 Å². The third-order valence-corrected chi connectivity index (χ3v) is 4.54. The van der Waals surface area contributed by atoms with E-state index in [1.807, 2.05) is 13.0 Å². The largest absolute Gasteiger partial charge is 0.354 e. The standard InChI is InChI=1S/C18H26Cl2N2O2/c1-4-6-10-21-18(24)13(3)22(17(23)7-5-2)12-14-8-9-15(19)16(20)11-14/h8-9,11,13H,4-7,10,12H2,1-3H3,(H,21,24). The average Bonchev–Trinajstić information content (AvgIpc) is 2.55. The molecule has 0 saturated heterocycles. The van der Waals surface area contributed by atoms with Crippen molar-refractivity contribution in [1.82, 2.24) is 10.2 Å². The topological polar surface area (TPSA) is 49.4 Å². The molecule has 0 spiro atoms. The van der Waals surface area contributed by atoms with Crippen LogP contribution in [0, 0.1) is 0 Å². The molecule has 6 heteroatoms. The minimum atomic E-state index is -0.532. The minimum absolute atomic E-state index is 0.0401. The van der Waals surface area contributed by atoms with Gasteiger partial charge in [-0.05, 0) is 37.5 Å². The maximum atomic E-state index is 12.5. The van der Waals surface area contributed by atoms with Gasteiger partial charge in [-0.2, -0.15) is 0 Å². The molecule has 0 heterocycles. The third kappa shape index (κ3) is 6.33. The maximum absolute atomic E-state index is 12.5. The zero-order valence-electron chi connectivity index (χ0n) is 14.6. The van der Waals surface area contributed by atoms with Crippen LogP contribution in [0.4, 0.5) is 0 Å². The molecule has 1 rings (SSSR count). The highest BCUT2D eigenvalue weighted by atomic mass is 35.5. The smallest absolute Gasteiger partial charge is 0.242 e. The lowest BCUT2D eigenvalue weighted by molar-refractivity contribution is -0.140. The SMILES string of the molecule is CCCCNC(=O)C(C)N(Cc1ccc(Cl)c(Cl)c1)C(=O)CCC. The second-order valence-electron chi connectivity index (χ2n) is 5.84. The van der Waals surface area contributed by atoms with E-state index < -0.39 is 6.04 Å². The molecule has 1 unspecified atom stereocenters. The second kappa shape index (κ2) is 10.6. The van der Waals surface area contributed by atoms with Gasteiger partial charge in [0.05, 0.1) is 10.0 Å². The van der Waals surface area contributed by atoms with Gasteiger partial charge in [0.15, 0.2) is 0 Å². The molecule has 0 bridgehead atoms. The van der Waals surface area contributed by atoms with Gasteiger partial charge in [-0.3, -0.25) is 9.59 Å². The first-order chi connectivity index (χ1) is 11.4. The van der Waals surface area contributed by atoms with Crippen LogP contribution in [0.5, 0.6) is 0 Å². The highest BCUT2D eigenvalue weighted by Gasteiger charge is 2.25. The van der Waals surface area contributed by atoms with E-state index in [0.717, 1.165) is 24.8 Å². The second-order valence-corrected chi connectivity index (χ2v) is 6.66. The summed E-state index contributed by atoms with van der Waals surface area (Å²) in [6.07, 6.45) is 3.08. The maximum Gasteiger partial charge on any atom is 0.242 e. The van der Waals surface area contributed by atoms with Gasteiger partial charge in [-0.25, -0.2) is 0 Å². The Morgan fingerprint density at radius 3 is 2.46 bits per heavy atom. The summed E-state index contributed by atoms with van der Waals surface area (Å²) in [4.78, 5) is 26.4. The highest BCUT2D eigenvalue weighted by Crippen LogP contribution is 2.24. The van der Waals surface area contributed by atoms with Gasteiger partial charge in [0.2, 0.25) is 11.8 Å². The molecule has 1 aromatic rings. The lowest BCUT2D eigenvalue weighted by Crippen LogP contribution is -2.47. The van der Waals surface area contributed by atoms with Crippen LogP contribution in [0.2, 0.25) is 10.0 Å². The molecule has 1 atom stereocenters. The highest BCUT2D eigenvalue weighted by molar-refractivity contribution is 6.42. The Morgan fingerprint density at radius 2 is 1.88 bits per heavy atom. The molecule has 0 aliphatic heterocycles. The van der Waals surface area contributed by atoms with Crippen molar-refractivity contribution in [1.29, 1.82) is 0 Å². The van der Waals surface area contributed by atoms with Crippen molar-refractivity contribution in [3.63, 3.8) is 0 Å². The molecular formula is C18H26Cl2N2O2. The first-order valence-electron chi connectivity index (χ1n) is 8.41. The summed E-state index contributed by atoms with van der Waals surface area (Å²) < 4.78 is 0. The molecule has 0 fully saturated rings. The molecule has 1 N–H and O–H groups in total. The van der Waals surface area contributed by atoms with Crippen LogP contribution in [-0.2, 0) is 16.1 Å². The van der Waals surface area contributed by atoms with Gasteiger partial charge in [-0.15, -0.1) is 0 Å². The molecule has 4 nitrogen and oxygen atoms in total. The van der Waals surface area contributed by atoms with Gasteiger partial charge in [0.1, 0.15) is 6.04 Å². The van der Waals surface area contributed by atoms with Gasteiger partial charge in [-0.1, -0.05) is 49.5 Å². The van der Waals surface area contributed by atoms with Crippen LogP contribution in [0.15, 0.2) is 18.2 Å². The van der Waals surface area contributed by atoms with Crippen molar-refractivity contribution in [2.24, 2.45) is 0 Å².